The van der Waals surface area contributed by atoms with Gasteiger partial charge in [-0.15, -0.1) is 0 Å². The van der Waals surface area contributed by atoms with Gasteiger partial charge in [-0.1, -0.05) is 6.07 Å². The summed E-state index contributed by atoms with van der Waals surface area (Å²) in [4.78, 5) is 12.4. The third-order valence-electron chi connectivity index (χ3n) is 6.86. The van der Waals surface area contributed by atoms with Crippen LogP contribution in [0.25, 0.3) is 10.9 Å². The van der Waals surface area contributed by atoms with Crippen molar-refractivity contribution in [1.29, 1.82) is 0 Å². The number of carbonyl (C=O) groups excluding carboxylic acids is 1. The van der Waals surface area contributed by atoms with Crippen molar-refractivity contribution >= 4 is 16.8 Å². The van der Waals surface area contributed by atoms with Crippen LogP contribution in [-0.4, -0.2) is 22.2 Å². The van der Waals surface area contributed by atoms with Crippen LogP contribution in [0.2, 0.25) is 0 Å². The highest BCUT2D eigenvalue weighted by atomic mass is 19.4. The fourth-order valence-electron chi connectivity index (χ4n) is 5.45. The van der Waals surface area contributed by atoms with Gasteiger partial charge in [-0.25, -0.2) is 0 Å². The van der Waals surface area contributed by atoms with E-state index in [1.54, 1.807) is 10.6 Å². The molecule has 0 spiro atoms. The molecule has 152 valence electrons. The van der Waals surface area contributed by atoms with Crippen molar-refractivity contribution in [1.82, 2.24) is 4.57 Å². The number of carbonyl (C=O) groups is 1. The summed E-state index contributed by atoms with van der Waals surface area (Å²) in [5.41, 5.74) is 5.62. The number of aromatic nitrogens is 1. The van der Waals surface area contributed by atoms with E-state index in [0.717, 1.165) is 50.5 Å². The number of aliphatic hydroxyl groups is 1. The Labute approximate surface area is 161 Å². The van der Waals surface area contributed by atoms with Gasteiger partial charge in [-0.3, -0.25) is 4.79 Å². The standard InChI is InChI=1S/C21H25F3N2O2/c22-21(23,24)14-2-1-3-15-17(14)18(19(25)28)16(26(15)10-11-27)12-20-7-4-13(5-8-20)6-9-20/h1-3,13,27H,4-12H2,(H2,25,28). The first kappa shape index (κ1) is 19.3. The van der Waals surface area contributed by atoms with Crippen LogP contribution in [0.15, 0.2) is 18.2 Å². The largest absolute Gasteiger partial charge is 0.417 e. The number of rotatable bonds is 5. The number of hydrogen-bond acceptors (Lipinski definition) is 2. The Hall–Kier alpha value is -2.02. The normalized spacial score (nSPS) is 24.8. The van der Waals surface area contributed by atoms with E-state index in [1.807, 2.05) is 0 Å². The zero-order valence-electron chi connectivity index (χ0n) is 15.7. The fraction of sp³-hybridized carbons (Fsp3) is 0.571. The third-order valence-corrected chi connectivity index (χ3v) is 6.86. The van der Waals surface area contributed by atoms with Crippen LogP contribution in [0, 0.1) is 11.3 Å². The van der Waals surface area contributed by atoms with Crippen LogP contribution in [0.1, 0.15) is 60.1 Å². The molecule has 1 heterocycles. The number of hydrogen-bond donors (Lipinski definition) is 2. The number of aliphatic hydroxyl groups excluding tert-OH is 1. The van der Waals surface area contributed by atoms with Crippen molar-refractivity contribution in [2.45, 2.75) is 57.7 Å². The van der Waals surface area contributed by atoms with Gasteiger partial charge in [-0.05, 0) is 68.4 Å². The highest BCUT2D eigenvalue weighted by Gasteiger charge is 2.43. The van der Waals surface area contributed by atoms with Crippen LogP contribution >= 0.6 is 0 Å². The average molecular weight is 394 g/mol. The van der Waals surface area contributed by atoms with Crippen LogP contribution in [-0.2, 0) is 19.1 Å². The van der Waals surface area contributed by atoms with Crippen molar-refractivity contribution in [2.75, 3.05) is 6.61 Å². The smallest absolute Gasteiger partial charge is 0.395 e. The van der Waals surface area contributed by atoms with Gasteiger partial charge in [-0.2, -0.15) is 13.2 Å². The number of alkyl halides is 3. The van der Waals surface area contributed by atoms with E-state index < -0.39 is 17.6 Å². The summed E-state index contributed by atoms with van der Waals surface area (Å²) in [7, 11) is 0. The van der Waals surface area contributed by atoms with Gasteiger partial charge in [0.05, 0.1) is 17.7 Å². The summed E-state index contributed by atoms with van der Waals surface area (Å²) in [6.07, 6.45) is 2.45. The number of amides is 1. The molecule has 3 saturated carbocycles. The van der Waals surface area contributed by atoms with Gasteiger partial charge in [0.15, 0.2) is 0 Å². The molecule has 2 bridgehead atoms. The fourth-order valence-corrected chi connectivity index (χ4v) is 5.45. The molecule has 0 saturated heterocycles. The van der Waals surface area contributed by atoms with Crippen molar-refractivity contribution in [3.63, 3.8) is 0 Å². The molecule has 3 aliphatic rings. The maximum absolute atomic E-state index is 13.7. The molecule has 5 rings (SSSR count). The molecule has 0 aliphatic heterocycles. The third kappa shape index (κ3) is 3.09. The number of nitrogens with zero attached hydrogens (tertiary/aromatic N) is 1. The molecule has 2 aromatic rings. The minimum atomic E-state index is -4.59. The molecule has 3 fully saturated rings. The summed E-state index contributed by atoms with van der Waals surface area (Å²) >= 11 is 0. The number of benzene rings is 1. The molecule has 0 atom stereocenters. The lowest BCUT2D eigenvalue weighted by atomic mass is 9.59. The number of fused-ring (bicyclic) bond motifs is 4. The zero-order chi connectivity index (χ0) is 20.1. The van der Waals surface area contributed by atoms with E-state index in [0.29, 0.717) is 17.6 Å². The summed E-state index contributed by atoms with van der Waals surface area (Å²) in [6, 6.07) is 3.91. The lowest BCUT2D eigenvalue weighted by Crippen LogP contribution is -2.36. The maximum atomic E-state index is 13.7. The van der Waals surface area contributed by atoms with Gasteiger partial charge in [0, 0.05) is 23.1 Å². The first-order valence-electron chi connectivity index (χ1n) is 9.88. The highest BCUT2D eigenvalue weighted by Crippen LogP contribution is 2.53. The van der Waals surface area contributed by atoms with Crippen molar-refractivity contribution in [3.8, 4) is 0 Å². The topological polar surface area (TPSA) is 68.2 Å². The Morgan fingerprint density at radius 2 is 1.86 bits per heavy atom. The molecule has 1 amide bonds. The Kier molecular flexibility index (Phi) is 4.68. The molecule has 1 aromatic carbocycles. The van der Waals surface area contributed by atoms with Gasteiger partial charge in [0.1, 0.15) is 0 Å². The molecule has 28 heavy (non-hydrogen) atoms. The lowest BCUT2D eigenvalue weighted by molar-refractivity contribution is -0.136. The second-order valence-electron chi connectivity index (χ2n) is 8.42. The minimum Gasteiger partial charge on any atom is -0.395 e. The second kappa shape index (κ2) is 6.79. The first-order chi connectivity index (χ1) is 13.3. The van der Waals surface area contributed by atoms with Crippen LogP contribution in [0.3, 0.4) is 0 Å². The van der Waals surface area contributed by atoms with Gasteiger partial charge < -0.3 is 15.4 Å². The van der Waals surface area contributed by atoms with E-state index in [4.69, 9.17) is 5.73 Å². The van der Waals surface area contributed by atoms with E-state index in [2.05, 4.69) is 0 Å². The van der Waals surface area contributed by atoms with Gasteiger partial charge in [0.25, 0.3) is 5.91 Å². The molecule has 1 aromatic heterocycles. The first-order valence-corrected chi connectivity index (χ1v) is 9.88. The summed E-state index contributed by atoms with van der Waals surface area (Å²) in [5.74, 6) is -0.0769. The summed E-state index contributed by atoms with van der Waals surface area (Å²) in [5, 5.41) is 9.42. The van der Waals surface area contributed by atoms with E-state index in [1.165, 1.54) is 6.07 Å². The van der Waals surface area contributed by atoms with Gasteiger partial charge >= 0.3 is 6.18 Å². The maximum Gasteiger partial charge on any atom is 0.417 e. The van der Waals surface area contributed by atoms with Crippen LogP contribution in [0.4, 0.5) is 13.2 Å². The summed E-state index contributed by atoms with van der Waals surface area (Å²) in [6.45, 7) is -0.0839. The SMILES string of the molecule is NC(=O)c1c(CC23CCC(CC2)CC3)n(CCO)c2cccc(C(F)(F)F)c12. The Morgan fingerprint density at radius 1 is 1.21 bits per heavy atom. The van der Waals surface area contributed by atoms with E-state index in [9.17, 15) is 23.1 Å². The monoisotopic (exact) mass is 394 g/mol. The summed E-state index contributed by atoms with van der Waals surface area (Å²) < 4.78 is 42.7. The highest BCUT2D eigenvalue weighted by molar-refractivity contribution is 6.09. The average Bonchev–Trinajstić information content (AvgIpc) is 2.95. The molecule has 3 aliphatic carbocycles. The van der Waals surface area contributed by atoms with Crippen molar-refractivity contribution < 1.29 is 23.1 Å². The van der Waals surface area contributed by atoms with E-state index in [-0.39, 0.29) is 29.5 Å². The molecule has 7 heteroatoms. The predicted octanol–water partition coefficient (Wildman–Crippen LogP) is 4.26. The van der Waals surface area contributed by atoms with Crippen molar-refractivity contribution in [2.24, 2.45) is 17.1 Å². The number of halogens is 3. The zero-order valence-corrected chi connectivity index (χ0v) is 15.7. The quantitative estimate of drug-likeness (QED) is 0.796. The Morgan fingerprint density at radius 3 is 2.39 bits per heavy atom. The predicted molar refractivity (Wildman–Crippen MR) is 99.9 cm³/mol. The van der Waals surface area contributed by atoms with Crippen LogP contribution < -0.4 is 5.73 Å². The molecule has 0 unspecified atom stereocenters. The van der Waals surface area contributed by atoms with Gasteiger partial charge in [0.2, 0.25) is 0 Å². The van der Waals surface area contributed by atoms with Crippen molar-refractivity contribution in [3.05, 3.63) is 35.0 Å². The second-order valence-corrected chi connectivity index (χ2v) is 8.42. The lowest BCUT2D eigenvalue weighted by Gasteiger charge is -2.47. The molecular weight excluding hydrogens is 369 g/mol. The van der Waals surface area contributed by atoms with Crippen LogP contribution in [0.5, 0.6) is 0 Å². The molecular formula is C21H25F3N2O2. The Bertz CT molecular complexity index is 895. The number of primary amides is 1. The Balaban J connectivity index is 1.94. The number of nitrogens with two attached hydrogens (primary N) is 1. The minimum absolute atomic E-state index is 0.0128. The molecule has 3 N–H and O–H groups in total. The molecule has 0 radical (unpaired) electrons. The van der Waals surface area contributed by atoms with E-state index >= 15 is 0 Å². The molecule has 4 nitrogen and oxygen atoms in total.